The molecule has 0 aliphatic carbocycles. The standard InChI is InChI=1S/C19H26N2/c1-3-20-18(14-19-13-12-16(2)15-21-19)11-7-10-17-8-5-4-6-9-17/h4-6,8-9,12-13,15,18,20H,3,7,10-11,14H2,1-2H3. The molecule has 0 bridgehead atoms. The Morgan fingerprint density at radius 3 is 2.57 bits per heavy atom. The van der Waals surface area contributed by atoms with Crippen molar-refractivity contribution in [1.82, 2.24) is 10.3 Å². The van der Waals surface area contributed by atoms with Crippen LogP contribution in [0.4, 0.5) is 0 Å². The lowest BCUT2D eigenvalue weighted by Gasteiger charge is -2.17. The topological polar surface area (TPSA) is 24.9 Å². The summed E-state index contributed by atoms with van der Waals surface area (Å²) < 4.78 is 0. The number of rotatable bonds is 8. The molecule has 21 heavy (non-hydrogen) atoms. The van der Waals surface area contributed by atoms with Crippen LogP contribution in [0.1, 0.15) is 36.6 Å². The molecule has 2 heteroatoms. The number of aromatic nitrogens is 1. The Bertz CT molecular complexity index is 505. The van der Waals surface area contributed by atoms with E-state index < -0.39 is 0 Å². The Hall–Kier alpha value is -1.67. The average molecular weight is 282 g/mol. The van der Waals surface area contributed by atoms with Gasteiger partial charge in [-0.05, 0) is 49.9 Å². The van der Waals surface area contributed by atoms with Crippen LogP contribution in [0.5, 0.6) is 0 Å². The third kappa shape index (κ3) is 5.68. The molecule has 1 heterocycles. The molecular weight excluding hydrogens is 256 g/mol. The summed E-state index contributed by atoms with van der Waals surface area (Å²) in [5, 5.41) is 3.59. The van der Waals surface area contributed by atoms with Crippen molar-refractivity contribution in [3.05, 3.63) is 65.5 Å². The zero-order valence-corrected chi connectivity index (χ0v) is 13.2. The van der Waals surface area contributed by atoms with Gasteiger partial charge in [0.2, 0.25) is 0 Å². The first-order chi connectivity index (χ1) is 10.3. The van der Waals surface area contributed by atoms with E-state index in [4.69, 9.17) is 0 Å². The van der Waals surface area contributed by atoms with Crippen LogP contribution in [-0.4, -0.2) is 17.6 Å². The second kappa shape index (κ2) is 8.58. The molecule has 0 amide bonds. The molecular formula is C19H26N2. The quantitative estimate of drug-likeness (QED) is 0.793. The van der Waals surface area contributed by atoms with Gasteiger partial charge in [-0.25, -0.2) is 0 Å². The number of nitrogens with one attached hydrogen (secondary N) is 1. The van der Waals surface area contributed by atoms with Gasteiger partial charge < -0.3 is 5.32 Å². The SMILES string of the molecule is CCNC(CCCc1ccccc1)Cc1ccc(C)cn1. The fourth-order valence-electron chi connectivity index (χ4n) is 2.63. The van der Waals surface area contributed by atoms with E-state index >= 15 is 0 Å². The van der Waals surface area contributed by atoms with Gasteiger partial charge >= 0.3 is 0 Å². The van der Waals surface area contributed by atoms with Crippen molar-refractivity contribution in [1.29, 1.82) is 0 Å². The number of aryl methyl sites for hydroxylation is 2. The Morgan fingerprint density at radius 1 is 1.10 bits per heavy atom. The van der Waals surface area contributed by atoms with E-state index in [9.17, 15) is 0 Å². The molecule has 0 spiro atoms. The lowest BCUT2D eigenvalue weighted by atomic mass is 10.0. The van der Waals surface area contributed by atoms with Crippen LogP contribution in [0.3, 0.4) is 0 Å². The van der Waals surface area contributed by atoms with Crippen molar-refractivity contribution in [3.63, 3.8) is 0 Å². The summed E-state index contributed by atoms with van der Waals surface area (Å²) in [7, 11) is 0. The molecule has 1 aromatic carbocycles. The van der Waals surface area contributed by atoms with Crippen LogP contribution in [0, 0.1) is 6.92 Å². The van der Waals surface area contributed by atoms with E-state index in [2.05, 4.69) is 66.6 Å². The number of pyridine rings is 1. The highest BCUT2D eigenvalue weighted by molar-refractivity contribution is 5.15. The highest BCUT2D eigenvalue weighted by Gasteiger charge is 2.09. The first kappa shape index (κ1) is 15.7. The third-order valence-corrected chi connectivity index (χ3v) is 3.78. The van der Waals surface area contributed by atoms with Crippen molar-refractivity contribution in [2.75, 3.05) is 6.54 Å². The summed E-state index contributed by atoms with van der Waals surface area (Å²) in [6.45, 7) is 5.27. The van der Waals surface area contributed by atoms with Crippen molar-refractivity contribution in [3.8, 4) is 0 Å². The van der Waals surface area contributed by atoms with Gasteiger partial charge in [-0.2, -0.15) is 0 Å². The van der Waals surface area contributed by atoms with Crippen LogP contribution in [0.25, 0.3) is 0 Å². The van der Waals surface area contributed by atoms with Crippen LogP contribution < -0.4 is 5.32 Å². The molecule has 0 saturated carbocycles. The number of hydrogen-bond donors (Lipinski definition) is 1. The summed E-state index contributed by atoms with van der Waals surface area (Å²) in [6, 6.07) is 15.6. The minimum Gasteiger partial charge on any atom is -0.314 e. The van der Waals surface area contributed by atoms with Gasteiger partial charge in [0.25, 0.3) is 0 Å². The summed E-state index contributed by atoms with van der Waals surface area (Å²) in [5.41, 5.74) is 3.84. The van der Waals surface area contributed by atoms with Gasteiger partial charge in [-0.15, -0.1) is 0 Å². The van der Waals surface area contributed by atoms with Gasteiger partial charge in [0.1, 0.15) is 0 Å². The normalized spacial score (nSPS) is 12.3. The summed E-state index contributed by atoms with van der Waals surface area (Å²) in [5.74, 6) is 0. The second-order valence-corrected chi connectivity index (χ2v) is 5.66. The molecule has 1 N–H and O–H groups in total. The van der Waals surface area contributed by atoms with Gasteiger partial charge in [0, 0.05) is 24.4 Å². The molecule has 1 unspecified atom stereocenters. The molecule has 2 rings (SSSR count). The fraction of sp³-hybridized carbons (Fsp3) is 0.421. The van der Waals surface area contributed by atoms with Crippen LogP contribution in [0.2, 0.25) is 0 Å². The molecule has 2 aromatic rings. The second-order valence-electron chi connectivity index (χ2n) is 5.66. The molecule has 1 atom stereocenters. The first-order valence-corrected chi connectivity index (χ1v) is 7.96. The summed E-state index contributed by atoms with van der Waals surface area (Å²) in [4.78, 5) is 4.53. The minimum atomic E-state index is 0.522. The van der Waals surface area contributed by atoms with Gasteiger partial charge in [-0.1, -0.05) is 43.3 Å². The van der Waals surface area contributed by atoms with Crippen molar-refractivity contribution in [2.24, 2.45) is 0 Å². The largest absolute Gasteiger partial charge is 0.314 e. The lowest BCUT2D eigenvalue weighted by Crippen LogP contribution is -2.31. The molecule has 2 nitrogen and oxygen atoms in total. The van der Waals surface area contributed by atoms with E-state index in [1.807, 2.05) is 6.20 Å². The fourth-order valence-corrected chi connectivity index (χ4v) is 2.63. The number of hydrogen-bond acceptors (Lipinski definition) is 2. The Labute approximate surface area is 128 Å². The first-order valence-electron chi connectivity index (χ1n) is 7.96. The maximum Gasteiger partial charge on any atom is 0.0419 e. The lowest BCUT2D eigenvalue weighted by molar-refractivity contribution is 0.472. The van der Waals surface area contributed by atoms with Crippen LogP contribution in [0.15, 0.2) is 48.7 Å². The van der Waals surface area contributed by atoms with Crippen LogP contribution in [-0.2, 0) is 12.8 Å². The molecule has 0 aliphatic rings. The monoisotopic (exact) mass is 282 g/mol. The predicted octanol–water partition coefficient (Wildman–Crippen LogP) is 3.93. The summed E-state index contributed by atoms with van der Waals surface area (Å²) in [6.07, 6.45) is 6.54. The zero-order valence-electron chi connectivity index (χ0n) is 13.2. The maximum atomic E-state index is 4.53. The van der Waals surface area contributed by atoms with E-state index in [1.165, 1.54) is 29.7 Å². The Morgan fingerprint density at radius 2 is 1.90 bits per heavy atom. The van der Waals surface area contributed by atoms with E-state index in [-0.39, 0.29) is 0 Å². The highest BCUT2D eigenvalue weighted by Crippen LogP contribution is 2.10. The molecule has 0 fully saturated rings. The highest BCUT2D eigenvalue weighted by atomic mass is 14.9. The maximum absolute atomic E-state index is 4.53. The number of benzene rings is 1. The number of likely N-dealkylation sites (N-methyl/N-ethyl adjacent to an activating group) is 1. The Balaban J connectivity index is 1.82. The van der Waals surface area contributed by atoms with E-state index in [1.54, 1.807) is 0 Å². The molecule has 112 valence electrons. The van der Waals surface area contributed by atoms with Gasteiger partial charge in [0.15, 0.2) is 0 Å². The van der Waals surface area contributed by atoms with Gasteiger partial charge in [-0.3, -0.25) is 4.98 Å². The molecule has 0 radical (unpaired) electrons. The van der Waals surface area contributed by atoms with E-state index in [0.717, 1.165) is 19.4 Å². The molecule has 1 aromatic heterocycles. The average Bonchev–Trinajstić information content (AvgIpc) is 2.51. The van der Waals surface area contributed by atoms with Crippen molar-refractivity contribution < 1.29 is 0 Å². The molecule has 0 saturated heterocycles. The Kier molecular flexibility index (Phi) is 6.42. The van der Waals surface area contributed by atoms with E-state index in [0.29, 0.717) is 6.04 Å². The molecule has 0 aliphatic heterocycles. The van der Waals surface area contributed by atoms with Crippen LogP contribution >= 0.6 is 0 Å². The number of nitrogens with zero attached hydrogens (tertiary/aromatic N) is 1. The predicted molar refractivity (Wildman–Crippen MR) is 89.5 cm³/mol. The smallest absolute Gasteiger partial charge is 0.0419 e. The summed E-state index contributed by atoms with van der Waals surface area (Å²) >= 11 is 0. The third-order valence-electron chi connectivity index (χ3n) is 3.78. The van der Waals surface area contributed by atoms with Crippen molar-refractivity contribution >= 4 is 0 Å². The van der Waals surface area contributed by atoms with Crippen molar-refractivity contribution in [2.45, 2.75) is 45.6 Å². The minimum absolute atomic E-state index is 0.522. The van der Waals surface area contributed by atoms with Gasteiger partial charge in [0.05, 0.1) is 0 Å². The zero-order chi connectivity index (χ0) is 14.9.